The number of aliphatic hydroxyl groups excluding tert-OH is 1. The molecule has 0 aliphatic heterocycles. The van der Waals surface area contributed by atoms with E-state index in [4.69, 9.17) is 0 Å². The van der Waals surface area contributed by atoms with Gasteiger partial charge in [0.15, 0.2) is 17.1 Å². The summed E-state index contributed by atoms with van der Waals surface area (Å²) < 4.78 is 17.1. The third-order valence-corrected chi connectivity index (χ3v) is 10.3. The Morgan fingerprint density at radius 3 is 2.79 bits per heavy atom. The van der Waals surface area contributed by atoms with Crippen LogP contribution in [0.2, 0.25) is 0 Å². The van der Waals surface area contributed by atoms with Gasteiger partial charge in [0.1, 0.15) is 0 Å². The number of carbonyl (C=O) groups excluding carboxylic acids is 2. The molecule has 1 heterocycles. The zero-order valence-corrected chi connectivity index (χ0v) is 20.1. The summed E-state index contributed by atoms with van der Waals surface area (Å²) in [4.78, 5) is 25.4. The van der Waals surface area contributed by atoms with Crippen LogP contribution >= 0.6 is 11.3 Å². The first-order valence-corrected chi connectivity index (χ1v) is 12.8. The quantitative estimate of drug-likeness (QED) is 0.625. The molecule has 1 aromatic heterocycles. The molecule has 3 saturated carbocycles. The van der Waals surface area contributed by atoms with Crippen LogP contribution in [0.1, 0.15) is 52.0 Å². The highest BCUT2D eigenvalue weighted by Crippen LogP contribution is 2.70. The van der Waals surface area contributed by atoms with Gasteiger partial charge in [-0.05, 0) is 79.0 Å². The summed E-state index contributed by atoms with van der Waals surface area (Å²) in [5.41, 5.74) is -4.01. The van der Waals surface area contributed by atoms with E-state index in [1.807, 2.05) is 30.7 Å². The van der Waals surface area contributed by atoms with Crippen molar-refractivity contribution in [3.8, 4) is 0 Å². The Labute approximate surface area is 197 Å². The number of carbonyl (C=O) groups is 2. The van der Waals surface area contributed by atoms with Crippen molar-refractivity contribution >= 4 is 23.0 Å². The van der Waals surface area contributed by atoms with Gasteiger partial charge in [-0.3, -0.25) is 9.59 Å². The largest absolute Gasteiger partial charge is 0.390 e. The minimum atomic E-state index is -1.96. The summed E-state index contributed by atoms with van der Waals surface area (Å²) in [7, 11) is 0. The van der Waals surface area contributed by atoms with Crippen molar-refractivity contribution in [2.24, 2.45) is 28.6 Å². The van der Waals surface area contributed by atoms with Crippen LogP contribution in [0.5, 0.6) is 0 Å². The van der Waals surface area contributed by atoms with Gasteiger partial charge in [0.05, 0.1) is 6.10 Å². The number of halogens is 1. The van der Waals surface area contributed by atoms with Gasteiger partial charge in [0.2, 0.25) is 0 Å². The Bertz CT molecular complexity index is 1050. The Morgan fingerprint density at radius 2 is 2.09 bits per heavy atom. The van der Waals surface area contributed by atoms with Crippen LogP contribution < -0.4 is 5.32 Å². The summed E-state index contributed by atoms with van der Waals surface area (Å²) in [6.07, 6.45) is 4.73. The minimum absolute atomic E-state index is 0.0119. The molecule has 178 valence electrons. The van der Waals surface area contributed by atoms with Crippen molar-refractivity contribution in [1.29, 1.82) is 0 Å². The number of ketones is 1. The van der Waals surface area contributed by atoms with E-state index in [-0.39, 0.29) is 24.0 Å². The molecule has 0 saturated heterocycles. The number of allylic oxidation sites excluding steroid dienone is 4. The maximum Gasteiger partial charge on any atom is 0.253 e. The number of hydrogen-bond acceptors (Lipinski definition) is 5. The lowest BCUT2D eigenvalue weighted by atomic mass is 9.44. The second-order valence-corrected chi connectivity index (χ2v) is 11.8. The second kappa shape index (κ2) is 7.33. The summed E-state index contributed by atoms with van der Waals surface area (Å²) in [6.45, 7) is 5.80. The zero-order chi connectivity index (χ0) is 23.8. The highest BCUT2D eigenvalue weighted by molar-refractivity contribution is 7.07. The van der Waals surface area contributed by atoms with Gasteiger partial charge < -0.3 is 15.5 Å². The molecule has 4 aliphatic rings. The number of aliphatic hydroxyl groups is 2. The first-order valence-electron chi connectivity index (χ1n) is 11.8. The lowest BCUT2D eigenvalue weighted by Gasteiger charge is -2.62. The van der Waals surface area contributed by atoms with Gasteiger partial charge in [-0.25, -0.2) is 4.39 Å². The summed E-state index contributed by atoms with van der Waals surface area (Å²) in [5.74, 6) is -1.76. The number of thiophene rings is 1. The highest BCUT2D eigenvalue weighted by Gasteiger charge is 2.75. The van der Waals surface area contributed by atoms with Crippen LogP contribution in [0.4, 0.5) is 4.39 Å². The van der Waals surface area contributed by atoms with Crippen molar-refractivity contribution in [3.63, 3.8) is 0 Å². The van der Waals surface area contributed by atoms with Crippen molar-refractivity contribution in [1.82, 2.24) is 5.32 Å². The fourth-order valence-corrected chi connectivity index (χ4v) is 8.41. The van der Waals surface area contributed by atoms with Crippen LogP contribution in [0, 0.1) is 28.6 Å². The first kappa shape index (κ1) is 22.9. The number of hydrogen-bond donors (Lipinski definition) is 3. The first-order chi connectivity index (χ1) is 15.5. The summed E-state index contributed by atoms with van der Waals surface area (Å²) in [5, 5.41) is 30.1. The molecule has 0 aromatic carbocycles. The molecule has 8 atom stereocenters. The number of nitrogens with one attached hydrogen (secondary N) is 1. The predicted molar refractivity (Wildman–Crippen MR) is 124 cm³/mol. The lowest BCUT2D eigenvalue weighted by Crippen LogP contribution is -2.70. The molecule has 1 amide bonds. The molecule has 0 radical (unpaired) electrons. The van der Waals surface area contributed by atoms with Gasteiger partial charge in [0.25, 0.3) is 5.91 Å². The van der Waals surface area contributed by atoms with E-state index in [9.17, 15) is 19.8 Å². The molecule has 3 N–H and O–H groups in total. The number of fused-ring (bicyclic) bond motifs is 5. The molecule has 0 bridgehead atoms. The van der Waals surface area contributed by atoms with E-state index >= 15 is 4.39 Å². The molecule has 33 heavy (non-hydrogen) atoms. The molecule has 4 aliphatic carbocycles. The molecule has 1 aromatic rings. The van der Waals surface area contributed by atoms with E-state index < -0.39 is 40.0 Å². The number of rotatable bonds is 3. The third-order valence-electron chi connectivity index (χ3n) is 9.60. The van der Waals surface area contributed by atoms with Gasteiger partial charge in [0, 0.05) is 23.3 Å². The Hall–Kier alpha value is -1.83. The standard InChI is InChI=1S/C26H32FNO4S/c1-15-10-20-19-5-4-17-11-18(29)6-8-23(17,2)25(19,27)21(30)12-24(20,3)26(15,32)22(31)28-13-16-7-9-33-14-16/h6-9,11,14-15,19-21,30,32H,4-5,10,12-13H2,1-3H3,(H,28,31)/t15-,19+,20+,21+,23+,24+,25+,26+/m1/s1. The van der Waals surface area contributed by atoms with Crippen LogP contribution in [0.15, 0.2) is 40.6 Å². The molecular formula is C26H32FNO4S. The Morgan fingerprint density at radius 1 is 1.33 bits per heavy atom. The van der Waals surface area contributed by atoms with Crippen LogP contribution in [0.25, 0.3) is 0 Å². The monoisotopic (exact) mass is 473 g/mol. The topological polar surface area (TPSA) is 86.6 Å². The molecular weight excluding hydrogens is 441 g/mol. The van der Waals surface area contributed by atoms with E-state index in [1.54, 1.807) is 24.3 Å². The zero-order valence-electron chi connectivity index (χ0n) is 19.3. The molecule has 7 heteroatoms. The summed E-state index contributed by atoms with van der Waals surface area (Å²) >= 11 is 1.54. The SMILES string of the molecule is C[C@@H]1C[C@H]2[C@@H]3CCC4=CC(=O)C=C[C@]4(C)[C@@]3(F)[C@@H](O)C[C@]2(C)[C@@]1(O)C(=O)NCc1ccsc1. The average Bonchev–Trinajstić information content (AvgIpc) is 3.35. The van der Waals surface area contributed by atoms with E-state index in [1.165, 1.54) is 12.2 Å². The lowest BCUT2D eigenvalue weighted by molar-refractivity contribution is -0.219. The molecule has 0 unspecified atom stereocenters. The van der Waals surface area contributed by atoms with Gasteiger partial charge in [-0.2, -0.15) is 11.3 Å². The minimum Gasteiger partial charge on any atom is -0.390 e. The van der Waals surface area contributed by atoms with Gasteiger partial charge in [-0.15, -0.1) is 0 Å². The van der Waals surface area contributed by atoms with E-state index in [2.05, 4.69) is 5.32 Å². The van der Waals surface area contributed by atoms with Crippen LogP contribution in [-0.2, 0) is 16.1 Å². The smallest absolute Gasteiger partial charge is 0.253 e. The molecule has 3 fully saturated rings. The molecule has 0 spiro atoms. The predicted octanol–water partition coefficient (Wildman–Crippen LogP) is 3.71. The second-order valence-electron chi connectivity index (χ2n) is 11.0. The number of alkyl halides is 1. The van der Waals surface area contributed by atoms with E-state index in [0.29, 0.717) is 25.8 Å². The maximum atomic E-state index is 17.1. The van der Waals surface area contributed by atoms with Crippen molar-refractivity contribution in [3.05, 3.63) is 46.2 Å². The normalized spacial score (nSPS) is 46.2. The van der Waals surface area contributed by atoms with Crippen LogP contribution in [-0.4, -0.2) is 39.3 Å². The Balaban J connectivity index is 1.50. The summed E-state index contributed by atoms with van der Waals surface area (Å²) in [6, 6.07) is 1.93. The number of amides is 1. The fraction of sp³-hybridized carbons (Fsp3) is 0.615. The molecule has 5 nitrogen and oxygen atoms in total. The molecule has 5 rings (SSSR count). The van der Waals surface area contributed by atoms with Crippen LogP contribution in [0.3, 0.4) is 0 Å². The van der Waals surface area contributed by atoms with Gasteiger partial charge >= 0.3 is 0 Å². The van der Waals surface area contributed by atoms with Crippen molar-refractivity contribution in [2.45, 2.75) is 70.4 Å². The highest BCUT2D eigenvalue weighted by atomic mass is 32.1. The van der Waals surface area contributed by atoms with Crippen molar-refractivity contribution < 1.29 is 24.2 Å². The maximum absolute atomic E-state index is 17.1. The average molecular weight is 474 g/mol. The van der Waals surface area contributed by atoms with Gasteiger partial charge in [-0.1, -0.05) is 25.5 Å². The Kier molecular flexibility index (Phi) is 5.10. The van der Waals surface area contributed by atoms with E-state index in [0.717, 1.165) is 11.1 Å². The third kappa shape index (κ3) is 2.82. The van der Waals surface area contributed by atoms with Crippen molar-refractivity contribution in [2.75, 3.05) is 0 Å². The fourth-order valence-electron chi connectivity index (χ4n) is 7.74.